The smallest absolute Gasteiger partial charge is 0.311 e. The Hall–Kier alpha value is -3.42. The van der Waals surface area contributed by atoms with Gasteiger partial charge in [-0.15, -0.1) is 0 Å². The number of rotatable bonds is 4. The van der Waals surface area contributed by atoms with Gasteiger partial charge >= 0.3 is 5.69 Å². The number of nitrogens with one attached hydrogen (secondary N) is 1. The predicted octanol–water partition coefficient (Wildman–Crippen LogP) is 4.34. The summed E-state index contributed by atoms with van der Waals surface area (Å²) in [4.78, 5) is 21.6. The molecule has 0 bridgehead atoms. The van der Waals surface area contributed by atoms with Crippen molar-refractivity contribution in [1.82, 2.24) is 0 Å². The van der Waals surface area contributed by atoms with Crippen LogP contribution in [0, 0.1) is 26.1 Å². The van der Waals surface area contributed by atoms with Gasteiger partial charge in [-0.3, -0.25) is 20.2 Å². The fourth-order valence-electron chi connectivity index (χ4n) is 4.07. The van der Waals surface area contributed by atoms with Crippen LogP contribution in [0.2, 0.25) is 0 Å². The zero-order valence-electron chi connectivity index (χ0n) is 14.5. The molecule has 2 aromatic rings. The lowest BCUT2D eigenvalue weighted by Crippen LogP contribution is -2.29. The third-order valence-corrected chi connectivity index (χ3v) is 5.32. The van der Waals surface area contributed by atoms with Crippen LogP contribution >= 0.6 is 0 Å². The molecule has 0 aromatic heterocycles. The number of methoxy groups -OCH3 is 1. The summed E-state index contributed by atoms with van der Waals surface area (Å²) in [6.45, 7) is 0. The Labute approximate surface area is 154 Å². The lowest BCUT2D eigenvalue weighted by Gasteiger charge is -2.37. The van der Waals surface area contributed by atoms with E-state index >= 15 is 0 Å². The van der Waals surface area contributed by atoms with Gasteiger partial charge in [0, 0.05) is 29.8 Å². The topological polar surface area (TPSA) is 108 Å². The van der Waals surface area contributed by atoms with Crippen LogP contribution in [0.15, 0.2) is 48.6 Å². The molecular formula is C19H17N3O5. The Morgan fingerprint density at radius 3 is 2.63 bits per heavy atom. The molecule has 0 saturated carbocycles. The average Bonchev–Trinajstić information content (AvgIpc) is 3.16. The number of nitrogens with zero attached hydrogens (tertiary/aromatic N) is 2. The number of anilines is 1. The fraction of sp³-hybridized carbons (Fsp3) is 0.263. The van der Waals surface area contributed by atoms with E-state index in [1.165, 1.54) is 13.2 Å². The first-order valence-corrected chi connectivity index (χ1v) is 8.53. The van der Waals surface area contributed by atoms with Crippen molar-refractivity contribution in [1.29, 1.82) is 0 Å². The molecule has 8 nitrogen and oxygen atoms in total. The molecule has 0 radical (unpaired) electrons. The number of nitro groups is 2. The Kier molecular flexibility index (Phi) is 4.02. The second-order valence-electron chi connectivity index (χ2n) is 6.69. The quantitative estimate of drug-likeness (QED) is 0.489. The lowest BCUT2D eigenvalue weighted by atomic mass is 9.77. The van der Waals surface area contributed by atoms with Crippen molar-refractivity contribution in [2.24, 2.45) is 5.92 Å². The van der Waals surface area contributed by atoms with Crippen LogP contribution in [-0.2, 0) is 0 Å². The van der Waals surface area contributed by atoms with Crippen LogP contribution in [0.5, 0.6) is 5.75 Å². The van der Waals surface area contributed by atoms with Crippen LogP contribution in [-0.4, -0.2) is 17.0 Å². The highest BCUT2D eigenvalue weighted by Gasteiger charge is 2.39. The Morgan fingerprint density at radius 2 is 1.93 bits per heavy atom. The largest absolute Gasteiger partial charge is 0.490 e. The van der Waals surface area contributed by atoms with Crippen LogP contribution in [0.25, 0.3) is 0 Å². The van der Waals surface area contributed by atoms with Crippen molar-refractivity contribution in [3.8, 4) is 5.75 Å². The number of allylic oxidation sites excluding steroid dienone is 2. The van der Waals surface area contributed by atoms with E-state index in [0.29, 0.717) is 0 Å². The number of nitro benzene ring substituents is 2. The van der Waals surface area contributed by atoms with Gasteiger partial charge in [-0.1, -0.05) is 18.2 Å². The number of non-ortho nitro benzene ring substituents is 1. The van der Waals surface area contributed by atoms with Crippen LogP contribution in [0.4, 0.5) is 17.1 Å². The van der Waals surface area contributed by atoms with Gasteiger partial charge in [0.15, 0.2) is 5.75 Å². The summed E-state index contributed by atoms with van der Waals surface area (Å²) in [5.41, 5.74) is 2.49. The molecule has 0 saturated heterocycles. The molecule has 1 heterocycles. The molecule has 1 N–H and O–H groups in total. The third kappa shape index (κ3) is 2.79. The molecule has 0 spiro atoms. The molecule has 4 rings (SSSR count). The highest BCUT2D eigenvalue weighted by molar-refractivity contribution is 5.63. The first kappa shape index (κ1) is 17.0. The first-order valence-electron chi connectivity index (χ1n) is 8.53. The Morgan fingerprint density at radius 1 is 1.11 bits per heavy atom. The van der Waals surface area contributed by atoms with Crippen molar-refractivity contribution in [2.45, 2.75) is 18.4 Å². The summed E-state index contributed by atoms with van der Waals surface area (Å²) in [6, 6.07) is 9.64. The second-order valence-corrected chi connectivity index (χ2v) is 6.69. The second kappa shape index (κ2) is 6.39. The van der Waals surface area contributed by atoms with Gasteiger partial charge in [0.05, 0.1) is 23.0 Å². The standard InChI is InChI=1S/C19H17N3O5/c1-27-18-8-5-11(9-17(18)22(25)26)19-14-4-2-3-13(14)15-10-12(21(23)24)6-7-16(15)20-19/h2-3,5-10,13-14,19-20H,4H2,1H3/t13-,14+,19+/m1/s1. The van der Waals surface area contributed by atoms with Crippen molar-refractivity contribution < 1.29 is 14.6 Å². The van der Waals surface area contributed by atoms with Gasteiger partial charge in [-0.2, -0.15) is 0 Å². The Balaban J connectivity index is 1.77. The number of benzene rings is 2. The minimum absolute atomic E-state index is 0.0345. The molecule has 0 fully saturated rings. The maximum Gasteiger partial charge on any atom is 0.311 e. The molecule has 138 valence electrons. The van der Waals surface area contributed by atoms with Gasteiger partial charge in [-0.25, -0.2) is 0 Å². The van der Waals surface area contributed by atoms with E-state index < -0.39 is 9.85 Å². The number of hydrogen-bond donors (Lipinski definition) is 1. The number of ether oxygens (including phenoxy) is 1. The van der Waals surface area contributed by atoms with E-state index in [0.717, 1.165) is 23.2 Å². The lowest BCUT2D eigenvalue weighted by molar-refractivity contribution is -0.385. The van der Waals surface area contributed by atoms with E-state index in [1.54, 1.807) is 24.3 Å². The van der Waals surface area contributed by atoms with E-state index in [9.17, 15) is 20.2 Å². The van der Waals surface area contributed by atoms with E-state index in [2.05, 4.69) is 17.5 Å². The molecule has 2 aliphatic rings. The molecule has 0 unspecified atom stereocenters. The molecule has 1 aliphatic carbocycles. The van der Waals surface area contributed by atoms with E-state index in [1.807, 2.05) is 6.07 Å². The zero-order valence-corrected chi connectivity index (χ0v) is 14.5. The molecule has 27 heavy (non-hydrogen) atoms. The molecule has 1 aliphatic heterocycles. The summed E-state index contributed by atoms with van der Waals surface area (Å²) in [5, 5.41) is 25.9. The molecule has 3 atom stereocenters. The highest BCUT2D eigenvalue weighted by Crippen LogP contribution is 2.51. The van der Waals surface area contributed by atoms with Gasteiger partial charge in [0.25, 0.3) is 5.69 Å². The molecular weight excluding hydrogens is 350 g/mol. The maximum atomic E-state index is 11.4. The fourth-order valence-corrected chi connectivity index (χ4v) is 4.07. The van der Waals surface area contributed by atoms with E-state index in [-0.39, 0.29) is 35.0 Å². The molecule has 8 heteroatoms. The normalized spacial score (nSPS) is 22.5. The zero-order chi connectivity index (χ0) is 19.1. The molecule has 0 amide bonds. The Bertz CT molecular complexity index is 972. The van der Waals surface area contributed by atoms with Crippen molar-refractivity contribution in [3.63, 3.8) is 0 Å². The summed E-state index contributed by atoms with van der Waals surface area (Å²) in [6.07, 6.45) is 4.93. The SMILES string of the molecule is COc1ccc([C@@H]2Nc3ccc([N+](=O)[O-])cc3[C@@H]3C=CC[C@@H]32)cc1[N+](=O)[O-]. The number of fused-ring (bicyclic) bond motifs is 3. The minimum atomic E-state index is -0.452. The third-order valence-electron chi connectivity index (χ3n) is 5.32. The van der Waals surface area contributed by atoms with Crippen molar-refractivity contribution in [2.75, 3.05) is 12.4 Å². The van der Waals surface area contributed by atoms with Crippen LogP contribution in [0.1, 0.15) is 29.5 Å². The van der Waals surface area contributed by atoms with Crippen molar-refractivity contribution in [3.05, 3.63) is 79.9 Å². The average molecular weight is 367 g/mol. The maximum absolute atomic E-state index is 11.4. The van der Waals surface area contributed by atoms with E-state index in [4.69, 9.17) is 4.74 Å². The highest BCUT2D eigenvalue weighted by atomic mass is 16.6. The van der Waals surface area contributed by atoms with Crippen LogP contribution in [0.3, 0.4) is 0 Å². The summed E-state index contributed by atoms with van der Waals surface area (Å²) < 4.78 is 5.09. The van der Waals surface area contributed by atoms with Gasteiger partial charge in [-0.05, 0) is 35.6 Å². The van der Waals surface area contributed by atoms with Gasteiger partial charge < -0.3 is 10.1 Å². The summed E-state index contributed by atoms with van der Waals surface area (Å²) in [5.74, 6) is 0.386. The predicted molar refractivity (Wildman–Crippen MR) is 99.1 cm³/mol. The minimum Gasteiger partial charge on any atom is -0.490 e. The number of hydrogen-bond acceptors (Lipinski definition) is 6. The molecule has 2 aromatic carbocycles. The summed E-state index contributed by atoms with van der Waals surface area (Å²) >= 11 is 0. The summed E-state index contributed by atoms with van der Waals surface area (Å²) in [7, 11) is 1.40. The monoisotopic (exact) mass is 367 g/mol. The first-order chi connectivity index (χ1) is 13.0. The van der Waals surface area contributed by atoms with Gasteiger partial charge in [0.1, 0.15) is 0 Å². The van der Waals surface area contributed by atoms with Crippen molar-refractivity contribution >= 4 is 17.1 Å². The van der Waals surface area contributed by atoms with Gasteiger partial charge in [0.2, 0.25) is 0 Å². The van der Waals surface area contributed by atoms with Crippen LogP contribution < -0.4 is 10.1 Å².